The van der Waals surface area contributed by atoms with E-state index in [0.29, 0.717) is 13.0 Å². The zero-order chi connectivity index (χ0) is 13.9. The first kappa shape index (κ1) is 12.9. The number of H-pyrrole nitrogens is 1. The first-order valence-corrected chi connectivity index (χ1v) is 7.29. The van der Waals surface area contributed by atoms with Crippen molar-refractivity contribution in [3.05, 3.63) is 52.6 Å². The Balaban J connectivity index is 1.72. The van der Waals surface area contributed by atoms with Crippen molar-refractivity contribution in [2.45, 2.75) is 13.0 Å². The highest BCUT2D eigenvalue weighted by molar-refractivity contribution is 7.09. The minimum atomic E-state index is 0.102. The van der Waals surface area contributed by atoms with Crippen LogP contribution >= 0.6 is 11.3 Å². The van der Waals surface area contributed by atoms with Gasteiger partial charge in [0.1, 0.15) is 5.01 Å². The number of rotatable bonds is 4. The van der Waals surface area contributed by atoms with Crippen LogP contribution in [0.15, 0.2) is 42.0 Å². The summed E-state index contributed by atoms with van der Waals surface area (Å²) in [6.45, 7) is 0.568. The second-order valence-corrected chi connectivity index (χ2v) is 5.69. The highest BCUT2D eigenvalue weighted by Gasteiger charge is 2.13. The highest BCUT2D eigenvalue weighted by atomic mass is 32.1. The summed E-state index contributed by atoms with van der Waals surface area (Å²) in [5.41, 5.74) is 2.11. The lowest BCUT2D eigenvalue weighted by Crippen LogP contribution is -2.27. The number of hydrogen-bond donors (Lipinski definition) is 1. The van der Waals surface area contributed by atoms with Crippen LogP contribution in [0.5, 0.6) is 0 Å². The van der Waals surface area contributed by atoms with Gasteiger partial charge in [0.05, 0.1) is 13.0 Å². The van der Waals surface area contributed by atoms with Crippen LogP contribution < -0.4 is 0 Å². The molecule has 0 aliphatic heterocycles. The third-order valence-electron chi connectivity index (χ3n) is 3.30. The van der Waals surface area contributed by atoms with Crippen LogP contribution in [-0.2, 0) is 17.8 Å². The fourth-order valence-corrected chi connectivity index (χ4v) is 2.87. The summed E-state index contributed by atoms with van der Waals surface area (Å²) in [5, 5.41) is 4.00. The Hall–Kier alpha value is -2.14. The number of carbonyl (C=O) groups is 1. The Labute approximate surface area is 121 Å². The largest absolute Gasteiger partial charge is 0.361 e. The number of aromatic amines is 1. The van der Waals surface area contributed by atoms with Crippen molar-refractivity contribution in [1.29, 1.82) is 0 Å². The van der Waals surface area contributed by atoms with Gasteiger partial charge in [-0.3, -0.25) is 4.79 Å². The van der Waals surface area contributed by atoms with E-state index in [9.17, 15) is 4.79 Å². The van der Waals surface area contributed by atoms with Crippen LogP contribution in [0.2, 0.25) is 0 Å². The van der Waals surface area contributed by atoms with Crippen LogP contribution in [-0.4, -0.2) is 27.8 Å². The Bertz CT molecular complexity index is 718. The van der Waals surface area contributed by atoms with E-state index in [-0.39, 0.29) is 5.91 Å². The average molecular weight is 285 g/mol. The smallest absolute Gasteiger partial charge is 0.227 e. The summed E-state index contributed by atoms with van der Waals surface area (Å²) in [6, 6.07) is 8.03. The molecule has 0 bridgehead atoms. The van der Waals surface area contributed by atoms with Crippen molar-refractivity contribution in [1.82, 2.24) is 14.9 Å². The maximum absolute atomic E-state index is 12.3. The Morgan fingerprint density at radius 1 is 1.40 bits per heavy atom. The van der Waals surface area contributed by atoms with Crippen molar-refractivity contribution >= 4 is 28.1 Å². The van der Waals surface area contributed by atoms with Crippen molar-refractivity contribution < 1.29 is 4.79 Å². The zero-order valence-corrected chi connectivity index (χ0v) is 12.0. The van der Waals surface area contributed by atoms with Gasteiger partial charge in [-0.15, -0.1) is 11.3 Å². The summed E-state index contributed by atoms with van der Waals surface area (Å²) in [7, 11) is 1.82. The van der Waals surface area contributed by atoms with Crippen LogP contribution in [0.25, 0.3) is 10.9 Å². The fourth-order valence-electron chi connectivity index (χ4n) is 2.20. The topological polar surface area (TPSA) is 49.0 Å². The molecule has 4 nitrogen and oxygen atoms in total. The molecule has 0 radical (unpaired) electrons. The van der Waals surface area contributed by atoms with Gasteiger partial charge in [0.25, 0.3) is 0 Å². The van der Waals surface area contributed by atoms with Gasteiger partial charge in [-0.05, 0) is 11.6 Å². The van der Waals surface area contributed by atoms with E-state index in [2.05, 4.69) is 9.97 Å². The number of fused-ring (bicyclic) bond motifs is 1. The Kier molecular flexibility index (Phi) is 3.52. The number of benzene rings is 1. The van der Waals surface area contributed by atoms with Crippen molar-refractivity contribution in [3.63, 3.8) is 0 Å². The molecule has 0 fully saturated rings. The minimum Gasteiger partial charge on any atom is -0.361 e. The molecular weight excluding hydrogens is 270 g/mol. The standard InChI is InChI=1S/C15H15N3OS/c1-18(10-14-16-6-7-20-14)15(19)8-11-9-17-13-5-3-2-4-12(11)13/h2-7,9,17H,8,10H2,1H3. The summed E-state index contributed by atoms with van der Waals surface area (Å²) < 4.78 is 0. The fraction of sp³-hybridized carbons (Fsp3) is 0.200. The molecule has 0 aliphatic rings. The molecule has 2 heterocycles. The van der Waals surface area contributed by atoms with Crippen molar-refractivity contribution in [3.8, 4) is 0 Å². The van der Waals surface area contributed by atoms with Gasteiger partial charge in [0.2, 0.25) is 5.91 Å². The van der Waals surface area contributed by atoms with Gasteiger partial charge in [0.15, 0.2) is 0 Å². The normalized spacial score (nSPS) is 10.8. The molecule has 20 heavy (non-hydrogen) atoms. The summed E-state index contributed by atoms with van der Waals surface area (Å²) >= 11 is 1.57. The van der Waals surface area contributed by atoms with Crippen LogP contribution in [0.4, 0.5) is 0 Å². The number of para-hydroxylation sites is 1. The summed E-state index contributed by atoms with van der Waals surface area (Å²) in [4.78, 5) is 21.4. The Morgan fingerprint density at radius 2 is 2.25 bits per heavy atom. The van der Waals surface area contributed by atoms with E-state index in [1.165, 1.54) is 0 Å². The van der Waals surface area contributed by atoms with E-state index in [1.807, 2.05) is 42.9 Å². The van der Waals surface area contributed by atoms with E-state index in [4.69, 9.17) is 0 Å². The number of hydrogen-bond acceptors (Lipinski definition) is 3. The molecule has 1 aromatic carbocycles. The molecule has 0 saturated heterocycles. The average Bonchev–Trinajstić information content (AvgIpc) is 3.09. The number of nitrogens with one attached hydrogen (secondary N) is 1. The number of carbonyl (C=O) groups excluding carboxylic acids is 1. The molecule has 0 saturated carbocycles. The molecule has 1 N–H and O–H groups in total. The van der Waals surface area contributed by atoms with Crippen molar-refractivity contribution in [2.24, 2.45) is 0 Å². The molecule has 0 unspecified atom stereocenters. The number of amides is 1. The lowest BCUT2D eigenvalue weighted by atomic mass is 10.1. The SMILES string of the molecule is CN(Cc1nccs1)C(=O)Cc1c[nH]c2ccccc12. The quantitative estimate of drug-likeness (QED) is 0.801. The van der Waals surface area contributed by atoms with Crippen LogP contribution in [0.3, 0.4) is 0 Å². The summed E-state index contributed by atoms with van der Waals surface area (Å²) in [6.07, 6.45) is 4.09. The molecule has 0 spiro atoms. The van der Waals surface area contributed by atoms with Crippen LogP contribution in [0.1, 0.15) is 10.6 Å². The third-order valence-corrected chi connectivity index (χ3v) is 4.06. The first-order chi connectivity index (χ1) is 9.74. The van der Waals surface area contributed by atoms with Gasteiger partial charge >= 0.3 is 0 Å². The monoisotopic (exact) mass is 285 g/mol. The van der Waals surface area contributed by atoms with Gasteiger partial charge in [-0.2, -0.15) is 0 Å². The van der Waals surface area contributed by atoms with Gasteiger partial charge in [0, 0.05) is 35.7 Å². The maximum atomic E-state index is 12.3. The molecule has 2 aromatic heterocycles. The molecule has 3 aromatic rings. The van der Waals surface area contributed by atoms with Gasteiger partial charge < -0.3 is 9.88 Å². The van der Waals surface area contributed by atoms with E-state index < -0.39 is 0 Å². The molecule has 1 amide bonds. The first-order valence-electron chi connectivity index (χ1n) is 6.41. The summed E-state index contributed by atoms with van der Waals surface area (Å²) in [5.74, 6) is 0.102. The second-order valence-electron chi connectivity index (χ2n) is 4.71. The number of aromatic nitrogens is 2. The molecule has 102 valence electrons. The van der Waals surface area contributed by atoms with E-state index in [1.54, 1.807) is 22.4 Å². The van der Waals surface area contributed by atoms with Crippen LogP contribution in [0, 0.1) is 0 Å². The molecule has 5 heteroatoms. The molecular formula is C15H15N3OS. The third kappa shape index (κ3) is 2.58. The van der Waals surface area contributed by atoms with Gasteiger partial charge in [-0.25, -0.2) is 4.98 Å². The van der Waals surface area contributed by atoms with Crippen molar-refractivity contribution in [2.75, 3.05) is 7.05 Å². The predicted octanol–water partition coefficient (Wildman–Crippen LogP) is 2.83. The molecule has 0 atom stereocenters. The zero-order valence-electron chi connectivity index (χ0n) is 11.2. The number of nitrogens with zero attached hydrogens (tertiary/aromatic N) is 2. The molecule has 0 aliphatic carbocycles. The lowest BCUT2D eigenvalue weighted by Gasteiger charge is -2.15. The van der Waals surface area contributed by atoms with E-state index >= 15 is 0 Å². The highest BCUT2D eigenvalue weighted by Crippen LogP contribution is 2.19. The maximum Gasteiger partial charge on any atom is 0.227 e. The number of thiazole rings is 1. The van der Waals surface area contributed by atoms with Gasteiger partial charge in [-0.1, -0.05) is 18.2 Å². The minimum absolute atomic E-state index is 0.102. The predicted molar refractivity (Wildman–Crippen MR) is 80.6 cm³/mol. The van der Waals surface area contributed by atoms with E-state index in [0.717, 1.165) is 21.5 Å². The number of likely N-dealkylation sites (N-methyl/N-ethyl adjacent to an activating group) is 1. The molecule has 3 rings (SSSR count). The second kappa shape index (κ2) is 5.46. The lowest BCUT2D eigenvalue weighted by molar-refractivity contribution is -0.129. The Morgan fingerprint density at radius 3 is 3.05 bits per heavy atom.